The van der Waals surface area contributed by atoms with Crippen molar-refractivity contribution in [2.45, 2.75) is 25.3 Å². The van der Waals surface area contributed by atoms with E-state index < -0.39 is 0 Å². The molecule has 1 aliphatic carbocycles. The van der Waals surface area contributed by atoms with Crippen molar-refractivity contribution in [3.8, 4) is 0 Å². The molecule has 0 spiro atoms. The number of hydrogen-bond donors (Lipinski definition) is 0. The van der Waals surface area contributed by atoms with E-state index in [1.807, 2.05) is 6.20 Å². The number of aromatic nitrogens is 2. The third-order valence-electron chi connectivity index (χ3n) is 2.82. The maximum Gasteiger partial charge on any atom is 0.330 e. The van der Waals surface area contributed by atoms with Gasteiger partial charge in [0.1, 0.15) is 0 Å². The molecule has 4 nitrogen and oxygen atoms in total. The summed E-state index contributed by atoms with van der Waals surface area (Å²) >= 11 is 0. The minimum atomic E-state index is -0.364. The van der Waals surface area contributed by atoms with Crippen LogP contribution in [0.25, 0.3) is 6.08 Å². The normalized spacial score (nSPS) is 19.7. The average Bonchev–Trinajstić information content (AvgIpc) is 2.86. The molecule has 0 fully saturated rings. The highest BCUT2D eigenvalue weighted by Crippen LogP contribution is 2.22. The molecule has 90 valence electrons. The van der Waals surface area contributed by atoms with Gasteiger partial charge in [-0.05, 0) is 25.3 Å². The van der Waals surface area contributed by atoms with Crippen LogP contribution in [0, 0.1) is 0 Å². The summed E-state index contributed by atoms with van der Waals surface area (Å²) in [7, 11) is 1.36. The molecular weight excluding hydrogens is 216 g/mol. The molecule has 1 aromatic rings. The Hall–Kier alpha value is -1.84. The van der Waals surface area contributed by atoms with Crippen LogP contribution in [0.5, 0.6) is 0 Å². The second kappa shape index (κ2) is 5.48. The average molecular weight is 232 g/mol. The van der Waals surface area contributed by atoms with E-state index in [1.54, 1.807) is 12.4 Å². The fourth-order valence-corrected chi connectivity index (χ4v) is 1.88. The standard InChI is InChI=1S/C13H16N2O2/c1-17-13(16)8-7-11-9-15(10-14-11)12-5-3-2-4-6-12/h3,5,7-10,12H,2,4,6H2,1H3/b8-7+. The summed E-state index contributed by atoms with van der Waals surface area (Å²) in [6, 6.07) is 0.400. The molecule has 1 aromatic heterocycles. The summed E-state index contributed by atoms with van der Waals surface area (Å²) in [4.78, 5) is 15.2. The molecule has 0 aliphatic heterocycles. The van der Waals surface area contributed by atoms with Crippen molar-refractivity contribution in [2.24, 2.45) is 0 Å². The van der Waals surface area contributed by atoms with E-state index in [0.29, 0.717) is 6.04 Å². The van der Waals surface area contributed by atoms with Crippen molar-refractivity contribution in [1.82, 2.24) is 9.55 Å². The number of esters is 1. The van der Waals surface area contributed by atoms with Gasteiger partial charge in [0.2, 0.25) is 0 Å². The second-order valence-corrected chi connectivity index (χ2v) is 4.03. The Morgan fingerprint density at radius 3 is 3.24 bits per heavy atom. The zero-order valence-electron chi connectivity index (χ0n) is 9.87. The lowest BCUT2D eigenvalue weighted by Crippen LogP contribution is -2.06. The molecule has 0 saturated heterocycles. The number of carbonyl (C=O) groups excluding carboxylic acids is 1. The lowest BCUT2D eigenvalue weighted by molar-refractivity contribution is -0.134. The molecule has 4 heteroatoms. The number of nitrogens with zero attached hydrogens (tertiary/aromatic N) is 2. The Bertz CT molecular complexity index is 446. The van der Waals surface area contributed by atoms with Crippen LogP contribution in [0.2, 0.25) is 0 Å². The van der Waals surface area contributed by atoms with Gasteiger partial charge in [0.25, 0.3) is 0 Å². The van der Waals surface area contributed by atoms with Gasteiger partial charge < -0.3 is 9.30 Å². The SMILES string of the molecule is COC(=O)/C=C/c1cn(C2C=CCCC2)cn1. The highest BCUT2D eigenvalue weighted by atomic mass is 16.5. The Morgan fingerprint density at radius 1 is 1.65 bits per heavy atom. The van der Waals surface area contributed by atoms with E-state index in [4.69, 9.17) is 0 Å². The van der Waals surface area contributed by atoms with Crippen molar-refractivity contribution >= 4 is 12.0 Å². The number of rotatable bonds is 3. The second-order valence-electron chi connectivity index (χ2n) is 4.03. The Kier molecular flexibility index (Phi) is 3.75. The molecule has 0 N–H and O–H groups in total. The van der Waals surface area contributed by atoms with E-state index in [1.165, 1.54) is 26.0 Å². The molecule has 2 rings (SSSR count). The third kappa shape index (κ3) is 3.06. The van der Waals surface area contributed by atoms with Gasteiger partial charge in [0.15, 0.2) is 0 Å². The summed E-state index contributed by atoms with van der Waals surface area (Å²) in [5.41, 5.74) is 0.773. The predicted octanol–water partition coefficient (Wildman–Crippen LogP) is 2.35. The molecule has 1 unspecified atom stereocenters. The van der Waals surface area contributed by atoms with Crippen LogP contribution in [-0.2, 0) is 9.53 Å². The highest BCUT2D eigenvalue weighted by Gasteiger charge is 2.10. The van der Waals surface area contributed by atoms with E-state index in [9.17, 15) is 4.79 Å². The largest absolute Gasteiger partial charge is 0.466 e. The van der Waals surface area contributed by atoms with E-state index in [0.717, 1.165) is 12.1 Å². The molecule has 0 radical (unpaired) electrons. The predicted molar refractivity (Wildman–Crippen MR) is 65.3 cm³/mol. The van der Waals surface area contributed by atoms with Crippen molar-refractivity contribution in [2.75, 3.05) is 7.11 Å². The van der Waals surface area contributed by atoms with Crippen molar-refractivity contribution in [1.29, 1.82) is 0 Å². The summed E-state index contributed by atoms with van der Waals surface area (Å²) in [5, 5.41) is 0. The van der Waals surface area contributed by atoms with Crippen molar-refractivity contribution in [3.63, 3.8) is 0 Å². The van der Waals surface area contributed by atoms with Gasteiger partial charge in [-0.3, -0.25) is 0 Å². The minimum absolute atomic E-state index is 0.364. The molecule has 1 aliphatic rings. The first-order valence-electron chi connectivity index (χ1n) is 5.76. The number of carbonyl (C=O) groups is 1. The van der Waals surface area contributed by atoms with Gasteiger partial charge in [-0.15, -0.1) is 0 Å². The summed E-state index contributed by atoms with van der Waals surface area (Å²) in [6.07, 6.45) is 14.7. The zero-order chi connectivity index (χ0) is 12.1. The number of ether oxygens (including phenoxy) is 1. The molecule has 0 aromatic carbocycles. The number of methoxy groups -OCH3 is 1. The number of allylic oxidation sites excluding steroid dienone is 2. The number of hydrogen-bond acceptors (Lipinski definition) is 3. The van der Waals surface area contributed by atoms with Gasteiger partial charge in [0, 0.05) is 12.3 Å². The maximum atomic E-state index is 10.9. The van der Waals surface area contributed by atoms with Crippen LogP contribution in [0.3, 0.4) is 0 Å². The summed E-state index contributed by atoms with van der Waals surface area (Å²) < 4.78 is 6.60. The van der Waals surface area contributed by atoms with Crippen LogP contribution in [-0.4, -0.2) is 22.6 Å². The first kappa shape index (κ1) is 11.6. The molecule has 1 atom stereocenters. The third-order valence-corrected chi connectivity index (χ3v) is 2.82. The van der Waals surface area contributed by atoms with E-state index in [2.05, 4.69) is 26.4 Å². The Labute approximate surface area is 101 Å². The lowest BCUT2D eigenvalue weighted by atomic mass is 10.0. The van der Waals surface area contributed by atoms with Crippen LogP contribution in [0.4, 0.5) is 0 Å². The summed E-state index contributed by atoms with van der Waals surface area (Å²) in [5.74, 6) is -0.364. The van der Waals surface area contributed by atoms with Crippen LogP contribution < -0.4 is 0 Å². The fraction of sp³-hybridized carbons (Fsp3) is 0.385. The molecule has 0 saturated carbocycles. The molecule has 17 heavy (non-hydrogen) atoms. The van der Waals surface area contributed by atoms with Gasteiger partial charge in [-0.25, -0.2) is 9.78 Å². The molecule has 0 bridgehead atoms. The molecule has 1 heterocycles. The Balaban J connectivity index is 2.05. The molecule has 0 amide bonds. The van der Waals surface area contributed by atoms with Crippen LogP contribution in [0.1, 0.15) is 31.0 Å². The number of imidazole rings is 1. The maximum absolute atomic E-state index is 10.9. The minimum Gasteiger partial charge on any atom is -0.466 e. The van der Waals surface area contributed by atoms with E-state index >= 15 is 0 Å². The monoisotopic (exact) mass is 232 g/mol. The topological polar surface area (TPSA) is 44.1 Å². The Morgan fingerprint density at radius 2 is 2.53 bits per heavy atom. The first-order valence-corrected chi connectivity index (χ1v) is 5.76. The zero-order valence-corrected chi connectivity index (χ0v) is 9.87. The van der Waals surface area contributed by atoms with Gasteiger partial charge in [-0.1, -0.05) is 12.2 Å². The smallest absolute Gasteiger partial charge is 0.330 e. The lowest BCUT2D eigenvalue weighted by Gasteiger charge is -2.17. The van der Waals surface area contributed by atoms with Crippen molar-refractivity contribution in [3.05, 3.63) is 36.4 Å². The summed E-state index contributed by atoms with van der Waals surface area (Å²) in [6.45, 7) is 0. The quantitative estimate of drug-likeness (QED) is 0.456. The van der Waals surface area contributed by atoms with E-state index in [-0.39, 0.29) is 5.97 Å². The van der Waals surface area contributed by atoms with Crippen LogP contribution in [0.15, 0.2) is 30.8 Å². The molecular formula is C13H16N2O2. The first-order chi connectivity index (χ1) is 8.29. The van der Waals surface area contributed by atoms with Crippen LogP contribution >= 0.6 is 0 Å². The van der Waals surface area contributed by atoms with Gasteiger partial charge in [0.05, 0.1) is 25.2 Å². The highest BCUT2D eigenvalue weighted by molar-refractivity contribution is 5.86. The van der Waals surface area contributed by atoms with Crippen molar-refractivity contribution < 1.29 is 9.53 Å². The van der Waals surface area contributed by atoms with Gasteiger partial charge >= 0.3 is 5.97 Å². The fourth-order valence-electron chi connectivity index (χ4n) is 1.88. The van der Waals surface area contributed by atoms with Gasteiger partial charge in [-0.2, -0.15) is 0 Å².